The molecule has 2 aromatic rings. The van der Waals surface area contributed by atoms with E-state index in [9.17, 15) is 14.7 Å². The third-order valence-electron chi connectivity index (χ3n) is 4.32. The Morgan fingerprint density at radius 3 is 2.75 bits per heavy atom. The molecule has 1 unspecified atom stereocenters. The molecule has 0 fully saturated rings. The molecule has 0 radical (unpaired) electrons. The van der Waals surface area contributed by atoms with Crippen LogP contribution in [0.4, 0.5) is 0 Å². The normalized spacial score (nSPS) is 15.2. The number of fused-ring (bicyclic) bond motifs is 1. The maximum atomic E-state index is 12.5. The zero-order valence-corrected chi connectivity index (χ0v) is 14.1. The van der Waals surface area contributed by atoms with E-state index in [-0.39, 0.29) is 18.0 Å². The van der Waals surface area contributed by atoms with Crippen LogP contribution < -0.4 is 5.56 Å². The number of aryl methyl sites for hydroxylation is 2. The van der Waals surface area contributed by atoms with Crippen LogP contribution in [0.15, 0.2) is 16.9 Å². The first-order valence-electron chi connectivity index (χ1n) is 7.93. The third-order valence-corrected chi connectivity index (χ3v) is 4.32. The number of carbonyl (C=O) groups is 1. The van der Waals surface area contributed by atoms with Gasteiger partial charge in [-0.15, -0.1) is 0 Å². The summed E-state index contributed by atoms with van der Waals surface area (Å²) in [6.45, 7) is 6.73. The largest absolute Gasteiger partial charge is 0.387 e. The van der Waals surface area contributed by atoms with Crippen molar-refractivity contribution in [1.82, 2.24) is 24.5 Å². The van der Waals surface area contributed by atoms with Crippen molar-refractivity contribution in [2.45, 2.75) is 46.5 Å². The molecule has 2 aromatic heterocycles. The number of hydrogen-bond acceptors (Lipinski definition) is 5. The van der Waals surface area contributed by atoms with Crippen molar-refractivity contribution in [2.24, 2.45) is 0 Å². The van der Waals surface area contributed by atoms with Crippen molar-refractivity contribution in [2.75, 3.05) is 6.54 Å². The summed E-state index contributed by atoms with van der Waals surface area (Å²) in [6.07, 6.45) is -0.634. The molecule has 0 aliphatic carbocycles. The Kier molecular flexibility index (Phi) is 4.23. The predicted octanol–water partition coefficient (Wildman–Crippen LogP) is 0.152. The summed E-state index contributed by atoms with van der Waals surface area (Å²) in [5.41, 5.74) is 2.76. The van der Waals surface area contributed by atoms with Crippen LogP contribution in [0.2, 0.25) is 0 Å². The van der Waals surface area contributed by atoms with Gasteiger partial charge in [0.25, 0.3) is 5.56 Å². The Balaban J connectivity index is 1.75. The Labute approximate surface area is 139 Å². The summed E-state index contributed by atoms with van der Waals surface area (Å²) in [5.74, 6) is -0.154. The minimum absolute atomic E-state index is 0.0721. The van der Waals surface area contributed by atoms with Gasteiger partial charge < -0.3 is 10.0 Å². The Bertz CT molecular complexity index is 837. The average Bonchev–Trinajstić information content (AvgIpc) is 2.96. The van der Waals surface area contributed by atoms with Crippen LogP contribution >= 0.6 is 0 Å². The van der Waals surface area contributed by atoms with Gasteiger partial charge in [-0.3, -0.25) is 14.3 Å². The first-order chi connectivity index (χ1) is 11.3. The summed E-state index contributed by atoms with van der Waals surface area (Å²) in [7, 11) is 0. The first-order valence-corrected chi connectivity index (χ1v) is 7.93. The number of amides is 1. The molecule has 0 saturated heterocycles. The summed E-state index contributed by atoms with van der Waals surface area (Å²) < 4.78 is 3.02. The lowest BCUT2D eigenvalue weighted by atomic mass is 10.2. The smallest absolute Gasteiger partial charge is 0.267 e. The van der Waals surface area contributed by atoms with Gasteiger partial charge in [0.05, 0.1) is 36.3 Å². The zero-order valence-electron chi connectivity index (χ0n) is 14.1. The highest BCUT2D eigenvalue weighted by molar-refractivity contribution is 5.76. The highest BCUT2D eigenvalue weighted by Crippen LogP contribution is 2.18. The third kappa shape index (κ3) is 3.09. The molecular formula is C16H21N5O3. The predicted molar refractivity (Wildman–Crippen MR) is 86.2 cm³/mol. The summed E-state index contributed by atoms with van der Waals surface area (Å²) >= 11 is 0. The Hall–Kier alpha value is -2.48. The first kappa shape index (κ1) is 16.4. The van der Waals surface area contributed by atoms with Crippen LogP contribution in [-0.2, 0) is 24.4 Å². The molecule has 128 valence electrons. The van der Waals surface area contributed by atoms with E-state index in [4.69, 9.17) is 0 Å². The molecule has 0 bridgehead atoms. The molecule has 1 N–H and O–H groups in total. The second kappa shape index (κ2) is 6.20. The summed E-state index contributed by atoms with van der Waals surface area (Å²) in [5, 5.41) is 18.1. The minimum Gasteiger partial charge on any atom is -0.387 e. The van der Waals surface area contributed by atoms with Gasteiger partial charge in [0.2, 0.25) is 5.91 Å². The van der Waals surface area contributed by atoms with E-state index in [0.29, 0.717) is 25.3 Å². The molecule has 8 heteroatoms. The SMILES string of the molecule is Cc1cc(=O)n(CC(=O)N2CCn3nc(C(C)O)cc3C2)nc1C. The van der Waals surface area contributed by atoms with Gasteiger partial charge in [0.15, 0.2) is 0 Å². The fraction of sp³-hybridized carbons (Fsp3) is 0.500. The van der Waals surface area contributed by atoms with Crippen LogP contribution in [-0.4, -0.2) is 42.0 Å². The van der Waals surface area contributed by atoms with E-state index < -0.39 is 6.10 Å². The number of carbonyl (C=O) groups excluding carboxylic acids is 1. The Morgan fingerprint density at radius 1 is 1.29 bits per heavy atom. The molecule has 1 aliphatic heterocycles. The van der Waals surface area contributed by atoms with Gasteiger partial charge in [-0.05, 0) is 32.4 Å². The number of aromatic nitrogens is 4. The topological polar surface area (TPSA) is 93.2 Å². The standard InChI is InChI=1S/C16H21N5O3/c1-10-6-15(23)21(17-11(10)2)9-16(24)19-4-5-20-13(8-19)7-14(18-20)12(3)22/h6-7,12,22H,4-5,8-9H2,1-3H3. The average molecular weight is 331 g/mol. The summed E-state index contributed by atoms with van der Waals surface area (Å²) in [6, 6.07) is 3.31. The number of nitrogens with zero attached hydrogens (tertiary/aromatic N) is 5. The van der Waals surface area contributed by atoms with Gasteiger partial charge in [-0.25, -0.2) is 4.68 Å². The van der Waals surface area contributed by atoms with E-state index in [1.165, 1.54) is 10.7 Å². The highest BCUT2D eigenvalue weighted by Gasteiger charge is 2.23. The van der Waals surface area contributed by atoms with Crippen molar-refractivity contribution in [3.05, 3.63) is 45.1 Å². The van der Waals surface area contributed by atoms with Crippen molar-refractivity contribution in [3.8, 4) is 0 Å². The molecule has 0 aromatic carbocycles. The molecule has 1 amide bonds. The van der Waals surface area contributed by atoms with Crippen LogP contribution in [0.3, 0.4) is 0 Å². The lowest BCUT2D eigenvalue weighted by Gasteiger charge is -2.27. The minimum atomic E-state index is -0.634. The summed E-state index contributed by atoms with van der Waals surface area (Å²) in [4.78, 5) is 26.2. The van der Waals surface area contributed by atoms with Crippen LogP contribution in [0.5, 0.6) is 0 Å². The number of aliphatic hydroxyl groups excluding tert-OH is 1. The monoisotopic (exact) mass is 331 g/mol. The molecule has 3 heterocycles. The highest BCUT2D eigenvalue weighted by atomic mass is 16.3. The van der Waals surface area contributed by atoms with Crippen molar-refractivity contribution < 1.29 is 9.90 Å². The second-order valence-corrected chi connectivity index (χ2v) is 6.18. The molecule has 1 atom stereocenters. The second-order valence-electron chi connectivity index (χ2n) is 6.18. The van der Waals surface area contributed by atoms with Crippen LogP contribution in [0.25, 0.3) is 0 Å². The van der Waals surface area contributed by atoms with E-state index in [2.05, 4.69) is 10.2 Å². The van der Waals surface area contributed by atoms with Crippen molar-refractivity contribution >= 4 is 5.91 Å². The van der Waals surface area contributed by atoms with Gasteiger partial charge in [0, 0.05) is 12.6 Å². The molecule has 1 aliphatic rings. The zero-order chi connectivity index (χ0) is 17.4. The van der Waals surface area contributed by atoms with E-state index in [1.54, 1.807) is 11.8 Å². The molecular weight excluding hydrogens is 310 g/mol. The maximum Gasteiger partial charge on any atom is 0.267 e. The van der Waals surface area contributed by atoms with Crippen molar-refractivity contribution in [1.29, 1.82) is 0 Å². The Morgan fingerprint density at radius 2 is 2.04 bits per heavy atom. The molecule has 0 spiro atoms. The molecule has 24 heavy (non-hydrogen) atoms. The van der Waals surface area contributed by atoms with Gasteiger partial charge >= 0.3 is 0 Å². The molecule has 3 rings (SSSR count). The molecule has 8 nitrogen and oxygen atoms in total. The van der Waals surface area contributed by atoms with E-state index >= 15 is 0 Å². The fourth-order valence-corrected chi connectivity index (χ4v) is 2.72. The van der Waals surface area contributed by atoms with E-state index in [1.807, 2.05) is 24.6 Å². The number of hydrogen-bond donors (Lipinski definition) is 1. The quantitative estimate of drug-likeness (QED) is 0.864. The van der Waals surface area contributed by atoms with Gasteiger partial charge in [-0.2, -0.15) is 10.2 Å². The van der Waals surface area contributed by atoms with Crippen molar-refractivity contribution in [3.63, 3.8) is 0 Å². The van der Waals surface area contributed by atoms with E-state index in [0.717, 1.165) is 17.0 Å². The van der Waals surface area contributed by atoms with Gasteiger partial charge in [0.1, 0.15) is 6.54 Å². The van der Waals surface area contributed by atoms with Crippen LogP contribution in [0.1, 0.15) is 35.7 Å². The number of aliphatic hydroxyl groups is 1. The maximum absolute atomic E-state index is 12.5. The van der Waals surface area contributed by atoms with Crippen LogP contribution in [0, 0.1) is 13.8 Å². The lowest BCUT2D eigenvalue weighted by molar-refractivity contribution is -0.133. The molecule has 0 saturated carbocycles. The lowest BCUT2D eigenvalue weighted by Crippen LogP contribution is -2.42. The van der Waals surface area contributed by atoms with Gasteiger partial charge in [-0.1, -0.05) is 0 Å². The fourth-order valence-electron chi connectivity index (χ4n) is 2.72. The number of rotatable bonds is 3.